The summed E-state index contributed by atoms with van der Waals surface area (Å²) in [4.78, 5) is 0. The molecule has 1 aromatic heterocycles. The number of nitrogens with two attached hydrogens (primary N) is 1. The number of rotatable bonds is 3. The highest BCUT2D eigenvalue weighted by Crippen LogP contribution is 2.29. The normalized spacial score (nSPS) is 12.7. The molecule has 90 valence electrons. The lowest BCUT2D eigenvalue weighted by Gasteiger charge is -2.18. The Morgan fingerprint density at radius 3 is 2.71 bits per heavy atom. The quantitative estimate of drug-likeness (QED) is 0.467. The second kappa shape index (κ2) is 5.47. The lowest BCUT2D eigenvalue weighted by Crippen LogP contribution is -2.31. The van der Waals surface area contributed by atoms with Gasteiger partial charge in [-0.2, -0.15) is 5.10 Å². The summed E-state index contributed by atoms with van der Waals surface area (Å²) in [6, 6.07) is 8.06. The van der Waals surface area contributed by atoms with Gasteiger partial charge in [-0.1, -0.05) is 18.2 Å². The summed E-state index contributed by atoms with van der Waals surface area (Å²) in [5, 5.41) is 4.21. The van der Waals surface area contributed by atoms with E-state index in [1.807, 2.05) is 23.9 Å². The molecule has 2 rings (SSSR count). The third kappa shape index (κ3) is 2.54. The number of hydrogen-bond donors (Lipinski definition) is 2. The molecule has 0 spiro atoms. The highest BCUT2D eigenvalue weighted by atomic mass is 127. The average molecular weight is 407 g/mol. The lowest BCUT2D eigenvalue weighted by molar-refractivity contribution is 0.571. The first-order chi connectivity index (χ1) is 8.15. The Kier molecular flexibility index (Phi) is 4.18. The number of halogens is 2. The Balaban J connectivity index is 2.52. The first-order valence-corrected chi connectivity index (χ1v) is 6.90. The van der Waals surface area contributed by atoms with E-state index in [4.69, 9.17) is 5.84 Å². The first kappa shape index (κ1) is 13.0. The molecule has 0 aliphatic heterocycles. The van der Waals surface area contributed by atoms with Crippen molar-refractivity contribution in [3.8, 4) is 0 Å². The minimum Gasteiger partial charge on any atom is -0.271 e. The van der Waals surface area contributed by atoms with Gasteiger partial charge in [-0.25, -0.2) is 5.43 Å². The van der Waals surface area contributed by atoms with Crippen molar-refractivity contribution in [3.05, 3.63) is 49.8 Å². The Morgan fingerprint density at radius 1 is 1.47 bits per heavy atom. The van der Waals surface area contributed by atoms with E-state index in [1.54, 1.807) is 6.20 Å². The topological polar surface area (TPSA) is 55.9 Å². The number of nitrogens with one attached hydrogen (secondary N) is 1. The zero-order valence-corrected chi connectivity index (χ0v) is 12.9. The highest BCUT2D eigenvalue weighted by Gasteiger charge is 2.21. The monoisotopic (exact) mass is 406 g/mol. The number of nitrogens with zero attached hydrogens (tertiary/aromatic N) is 2. The van der Waals surface area contributed by atoms with Crippen molar-refractivity contribution in [2.24, 2.45) is 12.9 Å². The minimum absolute atomic E-state index is 0.0787. The van der Waals surface area contributed by atoms with E-state index in [-0.39, 0.29) is 6.04 Å². The largest absolute Gasteiger partial charge is 0.271 e. The molecule has 0 saturated heterocycles. The van der Waals surface area contributed by atoms with Crippen LogP contribution < -0.4 is 11.3 Å². The second-order valence-electron chi connectivity index (χ2n) is 3.62. The second-order valence-corrected chi connectivity index (χ2v) is 5.64. The van der Waals surface area contributed by atoms with Crippen LogP contribution >= 0.6 is 38.5 Å². The molecule has 0 fully saturated rings. The van der Waals surface area contributed by atoms with Crippen LogP contribution in [0.25, 0.3) is 0 Å². The zero-order chi connectivity index (χ0) is 12.4. The SMILES string of the molecule is Cn1ncc(Br)c1C(NN)c1ccccc1I. The van der Waals surface area contributed by atoms with E-state index in [0.29, 0.717) is 0 Å². The third-order valence-corrected chi connectivity index (χ3v) is 4.19. The minimum atomic E-state index is -0.0787. The Morgan fingerprint density at radius 2 is 2.18 bits per heavy atom. The van der Waals surface area contributed by atoms with Crippen LogP contribution in [0.1, 0.15) is 17.3 Å². The fraction of sp³-hybridized carbons (Fsp3) is 0.182. The van der Waals surface area contributed by atoms with E-state index < -0.39 is 0 Å². The fourth-order valence-electron chi connectivity index (χ4n) is 1.77. The van der Waals surface area contributed by atoms with Gasteiger partial charge in [0.2, 0.25) is 0 Å². The van der Waals surface area contributed by atoms with Gasteiger partial charge in [0.1, 0.15) is 0 Å². The van der Waals surface area contributed by atoms with Gasteiger partial charge >= 0.3 is 0 Å². The van der Waals surface area contributed by atoms with Crippen LogP contribution in [-0.2, 0) is 7.05 Å². The summed E-state index contributed by atoms with van der Waals surface area (Å²) in [5.74, 6) is 5.69. The fourth-order valence-corrected chi connectivity index (χ4v) is 3.05. The summed E-state index contributed by atoms with van der Waals surface area (Å²) < 4.78 is 3.93. The van der Waals surface area contributed by atoms with E-state index >= 15 is 0 Å². The van der Waals surface area contributed by atoms with Crippen molar-refractivity contribution >= 4 is 38.5 Å². The van der Waals surface area contributed by atoms with Crippen molar-refractivity contribution in [1.29, 1.82) is 0 Å². The third-order valence-electron chi connectivity index (χ3n) is 2.59. The number of hydrogen-bond acceptors (Lipinski definition) is 3. The predicted octanol–water partition coefficient (Wildman–Crippen LogP) is 2.34. The van der Waals surface area contributed by atoms with Gasteiger partial charge in [-0.15, -0.1) is 0 Å². The van der Waals surface area contributed by atoms with Crippen molar-refractivity contribution in [2.45, 2.75) is 6.04 Å². The van der Waals surface area contributed by atoms with Gasteiger partial charge in [0.25, 0.3) is 0 Å². The molecule has 1 atom stereocenters. The molecular formula is C11H12BrIN4. The summed E-state index contributed by atoms with van der Waals surface area (Å²) in [7, 11) is 1.90. The van der Waals surface area contributed by atoms with E-state index in [2.05, 4.69) is 61.2 Å². The summed E-state index contributed by atoms with van der Waals surface area (Å²) >= 11 is 5.81. The summed E-state index contributed by atoms with van der Waals surface area (Å²) in [6.07, 6.45) is 1.77. The first-order valence-electron chi connectivity index (χ1n) is 5.03. The molecule has 0 aliphatic rings. The molecule has 0 amide bonds. The Labute approximate surface area is 122 Å². The smallest absolute Gasteiger partial charge is 0.0899 e. The Bertz CT molecular complexity index is 506. The van der Waals surface area contributed by atoms with E-state index in [1.165, 1.54) is 3.57 Å². The van der Waals surface area contributed by atoms with Crippen molar-refractivity contribution in [1.82, 2.24) is 15.2 Å². The molecular weight excluding hydrogens is 395 g/mol. The lowest BCUT2D eigenvalue weighted by atomic mass is 10.0. The van der Waals surface area contributed by atoms with Gasteiger partial charge in [0, 0.05) is 10.6 Å². The molecule has 0 saturated carbocycles. The average Bonchev–Trinajstić information content (AvgIpc) is 2.64. The van der Waals surface area contributed by atoms with Gasteiger partial charge < -0.3 is 0 Å². The molecule has 1 aromatic carbocycles. The van der Waals surface area contributed by atoms with Crippen LogP contribution in [0.3, 0.4) is 0 Å². The maximum atomic E-state index is 5.69. The molecule has 6 heteroatoms. The number of aromatic nitrogens is 2. The molecule has 17 heavy (non-hydrogen) atoms. The molecule has 2 aromatic rings. The zero-order valence-electron chi connectivity index (χ0n) is 9.19. The van der Waals surface area contributed by atoms with Gasteiger partial charge in [-0.3, -0.25) is 10.5 Å². The molecule has 0 bridgehead atoms. The number of aryl methyl sites for hydroxylation is 1. The molecule has 1 unspecified atom stereocenters. The van der Waals surface area contributed by atoms with Crippen molar-refractivity contribution < 1.29 is 0 Å². The molecule has 0 radical (unpaired) electrons. The van der Waals surface area contributed by atoms with Crippen LogP contribution in [0.2, 0.25) is 0 Å². The van der Waals surface area contributed by atoms with Crippen LogP contribution in [0.4, 0.5) is 0 Å². The maximum absolute atomic E-state index is 5.69. The van der Waals surface area contributed by atoms with Crippen LogP contribution in [0.15, 0.2) is 34.9 Å². The van der Waals surface area contributed by atoms with Crippen LogP contribution in [0, 0.1) is 3.57 Å². The molecule has 3 N–H and O–H groups in total. The van der Waals surface area contributed by atoms with Crippen LogP contribution in [-0.4, -0.2) is 9.78 Å². The van der Waals surface area contributed by atoms with Crippen LogP contribution in [0.5, 0.6) is 0 Å². The van der Waals surface area contributed by atoms with Gasteiger partial charge in [-0.05, 0) is 50.2 Å². The number of hydrazine groups is 1. The van der Waals surface area contributed by atoms with Gasteiger partial charge in [0.15, 0.2) is 0 Å². The van der Waals surface area contributed by atoms with Gasteiger partial charge in [0.05, 0.1) is 22.4 Å². The molecule has 1 heterocycles. The summed E-state index contributed by atoms with van der Waals surface area (Å²) in [5.41, 5.74) is 5.00. The standard InChI is InChI=1S/C11H12BrIN4/c1-17-11(8(12)6-15-17)10(16-14)7-4-2-3-5-9(7)13/h2-6,10,16H,14H2,1H3. The van der Waals surface area contributed by atoms with Crippen molar-refractivity contribution in [3.63, 3.8) is 0 Å². The highest BCUT2D eigenvalue weighted by molar-refractivity contribution is 14.1. The Hall–Kier alpha value is -0.440. The molecule has 4 nitrogen and oxygen atoms in total. The van der Waals surface area contributed by atoms with E-state index in [9.17, 15) is 0 Å². The molecule has 0 aliphatic carbocycles. The summed E-state index contributed by atoms with van der Waals surface area (Å²) in [6.45, 7) is 0. The number of benzene rings is 1. The maximum Gasteiger partial charge on any atom is 0.0899 e. The van der Waals surface area contributed by atoms with Crippen molar-refractivity contribution in [2.75, 3.05) is 0 Å². The predicted molar refractivity (Wildman–Crippen MR) is 79.2 cm³/mol. The van der Waals surface area contributed by atoms with E-state index in [0.717, 1.165) is 15.7 Å².